The van der Waals surface area contributed by atoms with Crippen molar-refractivity contribution in [2.75, 3.05) is 6.54 Å². The van der Waals surface area contributed by atoms with Gasteiger partial charge in [0.05, 0.1) is 0 Å². The van der Waals surface area contributed by atoms with Crippen LogP contribution in [0.3, 0.4) is 0 Å². The van der Waals surface area contributed by atoms with Gasteiger partial charge < -0.3 is 10.6 Å². The van der Waals surface area contributed by atoms with Crippen molar-refractivity contribution in [3.63, 3.8) is 0 Å². The predicted molar refractivity (Wildman–Crippen MR) is 81.4 cm³/mol. The Kier molecular flexibility index (Phi) is 5.17. The first kappa shape index (κ1) is 15.0. The number of rotatable bonds is 4. The van der Waals surface area contributed by atoms with Gasteiger partial charge in [-0.2, -0.15) is 0 Å². The fourth-order valence-electron chi connectivity index (χ4n) is 2.37. The lowest BCUT2D eigenvalue weighted by Crippen LogP contribution is -2.49. The van der Waals surface area contributed by atoms with Gasteiger partial charge in [-0.3, -0.25) is 9.59 Å². The van der Waals surface area contributed by atoms with Crippen LogP contribution in [0.4, 0.5) is 0 Å². The Morgan fingerprint density at radius 3 is 3.05 bits per heavy atom. The van der Waals surface area contributed by atoms with Crippen molar-refractivity contribution in [1.29, 1.82) is 0 Å². The largest absolute Gasteiger partial charge is 0.354 e. The molecule has 108 valence electrons. The molecule has 0 radical (unpaired) electrons. The summed E-state index contributed by atoms with van der Waals surface area (Å²) in [4.78, 5) is 23.2. The third-order valence-electron chi connectivity index (χ3n) is 3.62. The minimum Gasteiger partial charge on any atom is -0.354 e. The average Bonchev–Trinajstić information content (AvgIpc) is 2.43. The molecule has 1 aromatic carbocycles. The van der Waals surface area contributed by atoms with E-state index in [-0.39, 0.29) is 17.9 Å². The normalized spacial score (nSPS) is 18.5. The molecule has 1 heterocycles. The molecular formula is C15H19BrN2O2. The van der Waals surface area contributed by atoms with Crippen LogP contribution in [0.25, 0.3) is 0 Å². The molecule has 0 aliphatic carbocycles. The molecule has 1 saturated heterocycles. The highest BCUT2D eigenvalue weighted by Gasteiger charge is 2.24. The van der Waals surface area contributed by atoms with E-state index in [1.54, 1.807) is 0 Å². The van der Waals surface area contributed by atoms with Crippen molar-refractivity contribution in [2.24, 2.45) is 0 Å². The lowest BCUT2D eigenvalue weighted by atomic mass is 10.0. The highest BCUT2D eigenvalue weighted by atomic mass is 79.9. The average molecular weight is 339 g/mol. The molecule has 4 nitrogen and oxygen atoms in total. The number of halogens is 1. The van der Waals surface area contributed by atoms with Gasteiger partial charge in [0.25, 0.3) is 0 Å². The predicted octanol–water partition coefficient (Wildman–Crippen LogP) is 2.08. The Morgan fingerprint density at radius 2 is 2.30 bits per heavy atom. The Balaban J connectivity index is 1.82. The van der Waals surface area contributed by atoms with Crippen molar-refractivity contribution in [3.8, 4) is 0 Å². The summed E-state index contributed by atoms with van der Waals surface area (Å²) in [6.07, 6.45) is 2.83. The summed E-state index contributed by atoms with van der Waals surface area (Å²) in [7, 11) is 0. The van der Waals surface area contributed by atoms with Gasteiger partial charge >= 0.3 is 0 Å². The third-order valence-corrected chi connectivity index (χ3v) is 4.48. The number of nitrogens with one attached hydrogen (secondary N) is 2. The molecular weight excluding hydrogens is 320 g/mol. The second-order valence-electron chi connectivity index (χ2n) is 5.08. The second-order valence-corrected chi connectivity index (χ2v) is 5.93. The summed E-state index contributed by atoms with van der Waals surface area (Å²) in [5.74, 6) is -0.107. The van der Waals surface area contributed by atoms with E-state index in [0.29, 0.717) is 13.0 Å². The molecule has 0 saturated carbocycles. The van der Waals surface area contributed by atoms with Crippen LogP contribution in [0.1, 0.15) is 30.4 Å². The molecule has 1 aromatic rings. The minimum atomic E-state index is -0.361. The zero-order valence-electron chi connectivity index (χ0n) is 11.5. The molecule has 0 unspecified atom stereocenters. The first-order valence-electron chi connectivity index (χ1n) is 6.89. The van der Waals surface area contributed by atoms with Gasteiger partial charge in [0.1, 0.15) is 6.04 Å². The zero-order valence-corrected chi connectivity index (χ0v) is 13.1. The number of benzene rings is 1. The van der Waals surface area contributed by atoms with E-state index in [0.717, 1.165) is 23.7 Å². The Morgan fingerprint density at radius 1 is 1.50 bits per heavy atom. The molecule has 0 spiro atoms. The summed E-state index contributed by atoms with van der Waals surface area (Å²) in [6, 6.07) is 5.71. The first-order valence-corrected chi connectivity index (χ1v) is 7.68. The lowest BCUT2D eigenvalue weighted by Gasteiger charge is -2.22. The highest BCUT2D eigenvalue weighted by molar-refractivity contribution is 9.10. The van der Waals surface area contributed by atoms with Crippen LogP contribution in [-0.4, -0.2) is 24.4 Å². The lowest BCUT2D eigenvalue weighted by molar-refractivity contribution is -0.130. The van der Waals surface area contributed by atoms with Crippen molar-refractivity contribution >= 4 is 27.7 Å². The fraction of sp³-hybridized carbons (Fsp3) is 0.467. The van der Waals surface area contributed by atoms with E-state index >= 15 is 0 Å². The molecule has 2 rings (SSSR count). The van der Waals surface area contributed by atoms with Crippen LogP contribution in [0, 0.1) is 6.92 Å². The summed E-state index contributed by atoms with van der Waals surface area (Å²) >= 11 is 3.50. The molecule has 1 atom stereocenters. The molecule has 2 N–H and O–H groups in total. The molecule has 0 bridgehead atoms. The van der Waals surface area contributed by atoms with Crippen molar-refractivity contribution in [1.82, 2.24) is 10.6 Å². The number of amides is 2. The van der Waals surface area contributed by atoms with Gasteiger partial charge in [-0.05, 0) is 43.4 Å². The van der Waals surface area contributed by atoms with Crippen molar-refractivity contribution < 1.29 is 9.59 Å². The number of carbonyl (C=O) groups is 2. The third kappa shape index (κ3) is 3.82. The van der Waals surface area contributed by atoms with Crippen molar-refractivity contribution in [2.45, 2.75) is 38.6 Å². The summed E-state index contributed by atoms with van der Waals surface area (Å²) in [6.45, 7) is 2.64. The number of piperidine rings is 1. The summed E-state index contributed by atoms with van der Waals surface area (Å²) in [5.41, 5.74) is 2.42. The number of hydrogen-bond donors (Lipinski definition) is 2. The molecule has 1 aliphatic heterocycles. The second kappa shape index (κ2) is 6.88. The molecule has 5 heteroatoms. The molecule has 1 aliphatic rings. The minimum absolute atomic E-state index is 0.0285. The Labute approximate surface area is 127 Å². The maximum Gasteiger partial charge on any atom is 0.242 e. The topological polar surface area (TPSA) is 58.2 Å². The zero-order chi connectivity index (χ0) is 14.5. The van der Waals surface area contributed by atoms with E-state index in [4.69, 9.17) is 0 Å². The van der Waals surface area contributed by atoms with Gasteiger partial charge in [-0.15, -0.1) is 0 Å². The number of hydrogen-bond acceptors (Lipinski definition) is 2. The van der Waals surface area contributed by atoms with Gasteiger partial charge in [0, 0.05) is 17.4 Å². The smallest absolute Gasteiger partial charge is 0.242 e. The van der Waals surface area contributed by atoms with Gasteiger partial charge in [-0.25, -0.2) is 0 Å². The first-order chi connectivity index (χ1) is 9.58. The summed E-state index contributed by atoms with van der Waals surface area (Å²) in [5, 5.41) is 5.63. The molecule has 1 fully saturated rings. The maximum absolute atomic E-state index is 12.0. The summed E-state index contributed by atoms with van der Waals surface area (Å²) < 4.78 is 1.08. The standard InChI is InChI=1S/C15H19BrN2O2/c1-10-11(4-2-5-12(10)16)8-9-17-15(20)13-6-3-7-14(19)18-13/h2,4-5,13H,3,6-9H2,1H3,(H,17,20)(H,18,19)/t13-/m1/s1. The SMILES string of the molecule is Cc1c(Br)cccc1CCNC(=O)[C@H]1CCCC(=O)N1. The van der Waals surface area contributed by atoms with Crippen LogP contribution in [-0.2, 0) is 16.0 Å². The van der Waals surface area contributed by atoms with E-state index in [1.165, 1.54) is 11.1 Å². The van der Waals surface area contributed by atoms with Crippen LogP contribution in [0.2, 0.25) is 0 Å². The quantitative estimate of drug-likeness (QED) is 0.883. The van der Waals surface area contributed by atoms with E-state index in [9.17, 15) is 9.59 Å². The van der Waals surface area contributed by atoms with Crippen LogP contribution in [0.15, 0.2) is 22.7 Å². The molecule has 2 amide bonds. The van der Waals surface area contributed by atoms with E-state index in [2.05, 4.69) is 39.6 Å². The molecule has 0 aromatic heterocycles. The van der Waals surface area contributed by atoms with Crippen LogP contribution in [0.5, 0.6) is 0 Å². The Bertz CT molecular complexity index is 517. The maximum atomic E-state index is 12.0. The highest BCUT2D eigenvalue weighted by Crippen LogP contribution is 2.19. The van der Waals surface area contributed by atoms with Gasteiger partial charge in [-0.1, -0.05) is 28.1 Å². The van der Waals surface area contributed by atoms with E-state index in [1.807, 2.05) is 12.1 Å². The Hall–Kier alpha value is -1.36. The molecule has 20 heavy (non-hydrogen) atoms. The fourth-order valence-corrected chi connectivity index (χ4v) is 2.78. The van der Waals surface area contributed by atoms with E-state index < -0.39 is 0 Å². The van der Waals surface area contributed by atoms with Gasteiger partial charge in [0.2, 0.25) is 11.8 Å². The van der Waals surface area contributed by atoms with Crippen LogP contribution >= 0.6 is 15.9 Å². The monoisotopic (exact) mass is 338 g/mol. The van der Waals surface area contributed by atoms with Crippen LogP contribution < -0.4 is 10.6 Å². The van der Waals surface area contributed by atoms with Gasteiger partial charge in [0.15, 0.2) is 0 Å². The number of carbonyl (C=O) groups excluding carboxylic acids is 2. The van der Waals surface area contributed by atoms with Crippen molar-refractivity contribution in [3.05, 3.63) is 33.8 Å².